The van der Waals surface area contributed by atoms with Crippen molar-refractivity contribution in [2.24, 2.45) is 17.8 Å². The number of hydrogen-bond acceptors (Lipinski definition) is 0. The Morgan fingerprint density at radius 1 is 1.00 bits per heavy atom. The molecule has 0 heterocycles. The van der Waals surface area contributed by atoms with E-state index in [-0.39, 0.29) is 0 Å². The van der Waals surface area contributed by atoms with Gasteiger partial charge in [0.2, 0.25) is 0 Å². The Labute approximate surface area is 102 Å². The highest BCUT2D eigenvalue weighted by Gasteiger charge is 2.35. The van der Waals surface area contributed by atoms with E-state index in [0.717, 1.165) is 17.8 Å². The summed E-state index contributed by atoms with van der Waals surface area (Å²) >= 11 is 5.79. The van der Waals surface area contributed by atoms with Crippen LogP contribution in [-0.4, -0.2) is 0 Å². The van der Waals surface area contributed by atoms with E-state index in [4.69, 9.17) is 11.6 Å². The zero-order valence-corrected chi connectivity index (χ0v) is 10.2. The van der Waals surface area contributed by atoms with E-state index in [9.17, 15) is 0 Å². The lowest BCUT2D eigenvalue weighted by molar-refractivity contribution is 0.446. The molecule has 0 radical (unpaired) electrons. The minimum atomic E-state index is 0.622. The van der Waals surface area contributed by atoms with Crippen LogP contribution < -0.4 is 0 Å². The molecule has 2 aliphatic rings. The van der Waals surface area contributed by atoms with Gasteiger partial charge in [-0.2, -0.15) is 0 Å². The molecule has 0 amide bonds. The van der Waals surface area contributed by atoms with E-state index < -0.39 is 0 Å². The molecule has 2 bridgehead atoms. The highest BCUT2D eigenvalue weighted by atomic mass is 35.5. The van der Waals surface area contributed by atoms with Crippen molar-refractivity contribution in [3.8, 4) is 0 Å². The Bertz CT molecular complexity index is 390. The number of benzene rings is 1. The maximum atomic E-state index is 5.79. The van der Waals surface area contributed by atoms with Gasteiger partial charge in [0.05, 0.1) is 0 Å². The van der Waals surface area contributed by atoms with Crippen LogP contribution >= 0.6 is 11.6 Å². The van der Waals surface area contributed by atoms with Crippen molar-refractivity contribution >= 4 is 11.6 Å². The van der Waals surface area contributed by atoms with Crippen molar-refractivity contribution in [1.82, 2.24) is 0 Å². The molecule has 0 aliphatic heterocycles. The first-order chi connectivity index (χ1) is 7.85. The second-order valence-corrected chi connectivity index (χ2v) is 5.46. The molecular formula is C15H17Cl. The summed E-state index contributed by atoms with van der Waals surface area (Å²) < 4.78 is 0. The minimum absolute atomic E-state index is 0.622. The number of fused-ring (bicyclic) bond motifs is 2. The van der Waals surface area contributed by atoms with Gasteiger partial charge in [0.1, 0.15) is 0 Å². The molecule has 1 heteroatoms. The van der Waals surface area contributed by atoms with E-state index in [2.05, 4.69) is 36.4 Å². The van der Waals surface area contributed by atoms with Crippen LogP contribution in [0.4, 0.5) is 0 Å². The summed E-state index contributed by atoms with van der Waals surface area (Å²) in [6.45, 7) is 0. The molecule has 0 N–H and O–H groups in total. The maximum Gasteiger partial charge on any atom is 0.0474 e. The zero-order valence-electron chi connectivity index (χ0n) is 9.40. The van der Waals surface area contributed by atoms with Crippen molar-refractivity contribution in [3.05, 3.63) is 47.5 Å². The smallest absolute Gasteiger partial charge is 0.0474 e. The van der Waals surface area contributed by atoms with Gasteiger partial charge >= 0.3 is 0 Å². The first-order valence-corrected chi connectivity index (χ1v) is 6.70. The first kappa shape index (κ1) is 10.4. The van der Waals surface area contributed by atoms with Crippen molar-refractivity contribution in [1.29, 1.82) is 0 Å². The molecule has 16 heavy (non-hydrogen) atoms. The van der Waals surface area contributed by atoms with Gasteiger partial charge < -0.3 is 0 Å². The Morgan fingerprint density at radius 2 is 1.75 bits per heavy atom. The number of hydrogen-bond donors (Lipinski definition) is 0. The molecule has 3 rings (SSSR count). The van der Waals surface area contributed by atoms with Crippen LogP contribution in [0.2, 0.25) is 0 Å². The van der Waals surface area contributed by atoms with Crippen LogP contribution in [0.5, 0.6) is 0 Å². The topological polar surface area (TPSA) is 0 Å². The van der Waals surface area contributed by atoms with Crippen LogP contribution in [-0.2, 0) is 12.3 Å². The van der Waals surface area contributed by atoms with Crippen LogP contribution in [0.15, 0.2) is 36.4 Å². The molecule has 3 atom stereocenters. The Morgan fingerprint density at radius 3 is 2.31 bits per heavy atom. The fraction of sp³-hybridized carbons (Fsp3) is 0.467. The van der Waals surface area contributed by atoms with Gasteiger partial charge in [0.25, 0.3) is 0 Å². The van der Waals surface area contributed by atoms with Crippen LogP contribution in [0.1, 0.15) is 24.0 Å². The molecule has 2 aliphatic carbocycles. The van der Waals surface area contributed by atoms with E-state index in [1.54, 1.807) is 0 Å². The van der Waals surface area contributed by atoms with Crippen molar-refractivity contribution in [2.75, 3.05) is 0 Å². The molecule has 0 spiro atoms. The highest BCUT2D eigenvalue weighted by molar-refractivity contribution is 6.17. The number of allylic oxidation sites excluding steroid dienone is 2. The monoisotopic (exact) mass is 232 g/mol. The summed E-state index contributed by atoms with van der Waals surface area (Å²) in [6.07, 6.45) is 8.90. The lowest BCUT2D eigenvalue weighted by Crippen LogP contribution is -2.10. The van der Waals surface area contributed by atoms with E-state index in [1.165, 1.54) is 30.4 Å². The third kappa shape index (κ3) is 1.91. The van der Waals surface area contributed by atoms with Crippen molar-refractivity contribution in [2.45, 2.75) is 25.1 Å². The largest absolute Gasteiger partial charge is 0.122 e. The minimum Gasteiger partial charge on any atom is -0.122 e. The van der Waals surface area contributed by atoms with Crippen molar-refractivity contribution in [3.63, 3.8) is 0 Å². The fourth-order valence-corrected chi connectivity index (χ4v) is 3.37. The first-order valence-electron chi connectivity index (χ1n) is 6.17. The van der Waals surface area contributed by atoms with Gasteiger partial charge in [-0.05, 0) is 48.1 Å². The molecule has 84 valence electrons. The summed E-state index contributed by atoms with van der Waals surface area (Å²) in [4.78, 5) is 0. The normalized spacial score (nSPS) is 31.2. The van der Waals surface area contributed by atoms with Gasteiger partial charge in [-0.15, -0.1) is 11.6 Å². The number of halogens is 1. The second kappa shape index (κ2) is 4.25. The van der Waals surface area contributed by atoms with Crippen LogP contribution in [0.3, 0.4) is 0 Å². The van der Waals surface area contributed by atoms with Gasteiger partial charge in [0.15, 0.2) is 0 Å². The molecule has 1 saturated carbocycles. The summed E-state index contributed by atoms with van der Waals surface area (Å²) in [7, 11) is 0. The van der Waals surface area contributed by atoms with Gasteiger partial charge in [-0.25, -0.2) is 0 Å². The van der Waals surface area contributed by atoms with Gasteiger partial charge in [-0.1, -0.05) is 36.4 Å². The molecular weight excluding hydrogens is 216 g/mol. The Hall–Kier alpha value is -0.750. The van der Waals surface area contributed by atoms with Gasteiger partial charge in [0, 0.05) is 5.88 Å². The second-order valence-electron chi connectivity index (χ2n) is 5.19. The molecule has 3 unspecified atom stereocenters. The summed E-state index contributed by atoms with van der Waals surface area (Å²) in [5.41, 5.74) is 2.69. The molecule has 0 nitrogen and oxygen atoms in total. The quantitative estimate of drug-likeness (QED) is 0.542. The Kier molecular flexibility index (Phi) is 2.77. The molecule has 1 aromatic carbocycles. The number of alkyl halides is 1. The standard InChI is InChI=1S/C15H17Cl/c16-10-12-3-1-11(2-4-12)7-15-9-13-5-6-14(15)8-13/h1-6,13-15H,7-10H2. The maximum absolute atomic E-state index is 5.79. The average Bonchev–Trinajstić information content (AvgIpc) is 2.92. The molecule has 1 aromatic rings. The lowest BCUT2D eigenvalue weighted by atomic mass is 9.87. The summed E-state index contributed by atoms with van der Waals surface area (Å²) in [6, 6.07) is 8.80. The molecule has 0 aromatic heterocycles. The van der Waals surface area contributed by atoms with Crippen LogP contribution in [0, 0.1) is 17.8 Å². The lowest BCUT2D eigenvalue weighted by Gasteiger charge is -2.17. The molecule has 1 fully saturated rings. The predicted molar refractivity (Wildman–Crippen MR) is 68.5 cm³/mol. The SMILES string of the molecule is ClCc1ccc(CC2CC3C=CC2C3)cc1. The zero-order chi connectivity index (χ0) is 11.0. The predicted octanol–water partition coefficient (Wildman–Crippen LogP) is 4.18. The van der Waals surface area contributed by atoms with E-state index in [0.29, 0.717) is 5.88 Å². The van der Waals surface area contributed by atoms with E-state index in [1.807, 2.05) is 0 Å². The molecule has 0 saturated heterocycles. The highest BCUT2D eigenvalue weighted by Crippen LogP contribution is 2.44. The average molecular weight is 233 g/mol. The summed E-state index contributed by atoms with van der Waals surface area (Å²) in [5.74, 6) is 3.25. The van der Waals surface area contributed by atoms with Crippen LogP contribution in [0.25, 0.3) is 0 Å². The Balaban J connectivity index is 1.68. The third-order valence-corrected chi connectivity index (χ3v) is 4.40. The third-order valence-electron chi connectivity index (χ3n) is 4.09. The fourth-order valence-electron chi connectivity index (χ4n) is 3.20. The van der Waals surface area contributed by atoms with Crippen molar-refractivity contribution < 1.29 is 0 Å². The summed E-state index contributed by atoms with van der Waals surface area (Å²) in [5, 5.41) is 0. The number of rotatable bonds is 3. The van der Waals surface area contributed by atoms with Gasteiger partial charge in [-0.3, -0.25) is 0 Å². The van der Waals surface area contributed by atoms with E-state index >= 15 is 0 Å².